The Kier molecular flexibility index (Phi) is 11.9. The zero-order chi connectivity index (χ0) is 30.3. The second-order valence-corrected chi connectivity index (χ2v) is 13.4. The molecule has 7 atom stereocenters. The van der Waals surface area contributed by atoms with Crippen molar-refractivity contribution in [1.82, 2.24) is 5.32 Å². The van der Waals surface area contributed by atoms with Crippen LogP contribution in [-0.4, -0.2) is 73.7 Å². The number of hydrogen-bond acceptors (Lipinski definition) is 7. The molecular formula is C34H53NO7. The number of carbonyl (C=O) groups is 2. The lowest BCUT2D eigenvalue weighted by Crippen LogP contribution is -2.47. The van der Waals surface area contributed by atoms with Gasteiger partial charge in [0.1, 0.15) is 12.4 Å². The first-order chi connectivity index (χ1) is 20.1. The molecule has 2 fully saturated rings. The SMILES string of the molecule is CC(=O)[C@@H](NC(=O)COCCOCCOCCCC[C@@H]1Cc2cc(O)ccc2[C@H]2CC[C@]3(C)C(O)CC[C@H]3[C@H]12)C(C)C. The van der Waals surface area contributed by atoms with Crippen LogP contribution in [0.1, 0.15) is 89.7 Å². The summed E-state index contributed by atoms with van der Waals surface area (Å²) in [5.41, 5.74) is 2.79. The van der Waals surface area contributed by atoms with Crippen molar-refractivity contribution in [3.05, 3.63) is 29.3 Å². The molecule has 1 amide bonds. The number of unbranched alkanes of at least 4 members (excludes halogenated alkanes) is 1. The van der Waals surface area contributed by atoms with E-state index in [2.05, 4.69) is 18.3 Å². The number of nitrogens with one attached hydrogen (secondary N) is 1. The lowest BCUT2D eigenvalue weighted by atomic mass is 9.52. The van der Waals surface area contributed by atoms with Crippen LogP contribution in [-0.2, 0) is 30.2 Å². The molecular weight excluding hydrogens is 534 g/mol. The second kappa shape index (κ2) is 15.1. The number of phenols is 1. The molecule has 0 radical (unpaired) electrons. The van der Waals surface area contributed by atoms with Gasteiger partial charge in [-0.05, 0) is 110 Å². The summed E-state index contributed by atoms with van der Waals surface area (Å²) in [6.45, 7) is 9.90. The van der Waals surface area contributed by atoms with E-state index in [0.29, 0.717) is 62.5 Å². The molecule has 0 saturated heterocycles. The Balaban J connectivity index is 1.11. The summed E-state index contributed by atoms with van der Waals surface area (Å²) in [6, 6.07) is 5.50. The maximum atomic E-state index is 12.0. The van der Waals surface area contributed by atoms with Crippen LogP contribution in [0.5, 0.6) is 5.75 Å². The number of hydrogen-bond donors (Lipinski definition) is 3. The van der Waals surface area contributed by atoms with Gasteiger partial charge in [0, 0.05) is 6.61 Å². The summed E-state index contributed by atoms with van der Waals surface area (Å²) < 4.78 is 16.7. The van der Waals surface area contributed by atoms with Crippen molar-refractivity contribution in [3.63, 3.8) is 0 Å². The third kappa shape index (κ3) is 7.93. The lowest BCUT2D eigenvalue weighted by Gasteiger charge is -2.53. The Morgan fingerprint density at radius 1 is 1.02 bits per heavy atom. The first kappa shape index (κ1) is 32.9. The normalized spacial score (nSPS) is 29.0. The summed E-state index contributed by atoms with van der Waals surface area (Å²) >= 11 is 0. The molecule has 1 aromatic carbocycles. The van der Waals surface area contributed by atoms with E-state index in [1.165, 1.54) is 18.1 Å². The number of fused-ring (bicyclic) bond motifs is 5. The Bertz CT molecular complexity index is 1040. The highest BCUT2D eigenvalue weighted by Gasteiger charge is 2.56. The highest BCUT2D eigenvalue weighted by Crippen LogP contribution is 2.62. The molecule has 0 spiro atoms. The topological polar surface area (TPSA) is 114 Å². The van der Waals surface area contributed by atoms with E-state index in [1.807, 2.05) is 26.0 Å². The van der Waals surface area contributed by atoms with Crippen molar-refractivity contribution in [2.45, 2.75) is 97.1 Å². The van der Waals surface area contributed by atoms with Gasteiger partial charge >= 0.3 is 0 Å². The van der Waals surface area contributed by atoms with Gasteiger partial charge in [0.05, 0.1) is 38.6 Å². The zero-order valence-electron chi connectivity index (χ0n) is 26.1. The molecule has 0 heterocycles. The molecule has 1 unspecified atom stereocenters. The van der Waals surface area contributed by atoms with Crippen molar-refractivity contribution in [2.24, 2.45) is 29.1 Å². The van der Waals surface area contributed by atoms with Crippen molar-refractivity contribution >= 4 is 11.7 Å². The van der Waals surface area contributed by atoms with Crippen LogP contribution in [0.25, 0.3) is 0 Å². The first-order valence-electron chi connectivity index (χ1n) is 16.1. The van der Waals surface area contributed by atoms with Crippen LogP contribution in [0.3, 0.4) is 0 Å². The smallest absolute Gasteiger partial charge is 0.246 e. The van der Waals surface area contributed by atoms with Crippen molar-refractivity contribution < 1.29 is 34.0 Å². The van der Waals surface area contributed by atoms with Gasteiger partial charge in [-0.3, -0.25) is 9.59 Å². The van der Waals surface area contributed by atoms with Gasteiger partial charge in [-0.15, -0.1) is 0 Å². The van der Waals surface area contributed by atoms with Gasteiger partial charge in [0.15, 0.2) is 5.78 Å². The fourth-order valence-electron chi connectivity index (χ4n) is 8.20. The fourth-order valence-corrected chi connectivity index (χ4v) is 8.20. The number of aliphatic hydroxyl groups excluding tert-OH is 1. The van der Waals surface area contributed by atoms with Crippen molar-refractivity contribution in [3.8, 4) is 5.75 Å². The molecule has 4 rings (SSSR count). The predicted molar refractivity (Wildman–Crippen MR) is 161 cm³/mol. The molecule has 3 N–H and O–H groups in total. The van der Waals surface area contributed by atoms with Crippen LogP contribution >= 0.6 is 0 Å². The van der Waals surface area contributed by atoms with Crippen molar-refractivity contribution in [1.29, 1.82) is 0 Å². The molecule has 0 aliphatic heterocycles. The zero-order valence-corrected chi connectivity index (χ0v) is 26.1. The molecule has 8 heteroatoms. The van der Waals surface area contributed by atoms with Gasteiger partial charge < -0.3 is 29.7 Å². The molecule has 2 saturated carbocycles. The van der Waals surface area contributed by atoms with Crippen LogP contribution < -0.4 is 5.32 Å². The number of Topliss-reactive ketones (excluding diaryl/α,β-unsaturated/α-hetero) is 1. The van der Waals surface area contributed by atoms with Gasteiger partial charge in [-0.25, -0.2) is 0 Å². The largest absolute Gasteiger partial charge is 0.508 e. The number of phenolic OH excluding ortho intramolecular Hbond substituents is 1. The van der Waals surface area contributed by atoms with Crippen LogP contribution in [0.2, 0.25) is 0 Å². The summed E-state index contributed by atoms with van der Waals surface area (Å²) in [4.78, 5) is 23.6. The standard InChI is InChI=1S/C34H53NO7/c1-22(2)33(23(3)36)35-31(39)21-42-18-17-41-16-15-40-14-6-5-7-24-19-25-20-26(37)8-9-27(25)28-12-13-34(4)29(32(24)28)10-11-30(34)38/h8-9,20,22,24,28-30,32-33,37-38H,5-7,10-19,21H2,1-4H3,(H,35,39)/t24-,28-,29+,30?,32-,33+,34+/m1/s1. The van der Waals surface area contributed by atoms with E-state index in [4.69, 9.17) is 14.2 Å². The van der Waals surface area contributed by atoms with E-state index in [9.17, 15) is 19.8 Å². The van der Waals surface area contributed by atoms with Crippen LogP contribution in [0.15, 0.2) is 18.2 Å². The summed E-state index contributed by atoms with van der Waals surface area (Å²) in [7, 11) is 0. The number of rotatable bonds is 16. The Morgan fingerprint density at radius 3 is 2.45 bits per heavy atom. The molecule has 0 bridgehead atoms. The summed E-state index contributed by atoms with van der Waals surface area (Å²) in [5.74, 6) is 2.33. The minimum atomic E-state index is -0.482. The summed E-state index contributed by atoms with van der Waals surface area (Å²) in [6.07, 6.45) is 8.36. The predicted octanol–water partition coefficient (Wildman–Crippen LogP) is 4.79. The van der Waals surface area contributed by atoms with E-state index in [1.54, 1.807) is 0 Å². The lowest BCUT2D eigenvalue weighted by molar-refractivity contribution is -0.131. The minimum Gasteiger partial charge on any atom is -0.508 e. The Labute approximate surface area is 251 Å². The Morgan fingerprint density at radius 2 is 1.74 bits per heavy atom. The van der Waals surface area contributed by atoms with E-state index < -0.39 is 6.04 Å². The highest BCUT2D eigenvalue weighted by atomic mass is 16.5. The number of ether oxygens (including phenoxy) is 3. The Hall–Kier alpha value is -2.00. The average molecular weight is 588 g/mol. The third-order valence-electron chi connectivity index (χ3n) is 10.3. The molecule has 236 valence electrons. The van der Waals surface area contributed by atoms with Gasteiger partial charge in [-0.2, -0.15) is 0 Å². The quantitative estimate of drug-likeness (QED) is 0.238. The van der Waals surface area contributed by atoms with E-state index >= 15 is 0 Å². The molecule has 42 heavy (non-hydrogen) atoms. The van der Waals surface area contributed by atoms with Gasteiger partial charge in [0.2, 0.25) is 5.91 Å². The molecule has 0 aromatic heterocycles. The fraction of sp³-hybridized carbons (Fsp3) is 0.765. The number of amides is 1. The average Bonchev–Trinajstić information content (AvgIpc) is 3.25. The molecule has 3 aliphatic carbocycles. The van der Waals surface area contributed by atoms with Gasteiger partial charge in [-0.1, -0.05) is 33.3 Å². The maximum Gasteiger partial charge on any atom is 0.246 e. The number of carbonyl (C=O) groups excluding carboxylic acids is 2. The minimum absolute atomic E-state index is 0.0393. The van der Waals surface area contributed by atoms with E-state index in [-0.39, 0.29) is 35.7 Å². The number of ketones is 1. The monoisotopic (exact) mass is 587 g/mol. The molecule has 8 nitrogen and oxygen atoms in total. The van der Waals surface area contributed by atoms with Crippen molar-refractivity contribution in [2.75, 3.05) is 39.6 Å². The van der Waals surface area contributed by atoms with Crippen LogP contribution in [0.4, 0.5) is 0 Å². The van der Waals surface area contributed by atoms with E-state index in [0.717, 1.165) is 51.4 Å². The number of aromatic hydroxyl groups is 1. The second-order valence-electron chi connectivity index (χ2n) is 13.4. The number of aliphatic hydroxyl groups is 1. The number of benzene rings is 1. The first-order valence-corrected chi connectivity index (χ1v) is 16.1. The van der Waals surface area contributed by atoms with Crippen LogP contribution in [0, 0.1) is 29.1 Å². The molecule has 1 aromatic rings. The third-order valence-corrected chi connectivity index (χ3v) is 10.3. The molecule has 3 aliphatic rings. The summed E-state index contributed by atoms with van der Waals surface area (Å²) in [5, 5.41) is 23.7. The van der Waals surface area contributed by atoms with Gasteiger partial charge in [0.25, 0.3) is 0 Å². The highest BCUT2D eigenvalue weighted by molar-refractivity contribution is 5.88. The maximum absolute atomic E-state index is 12.0.